The van der Waals surface area contributed by atoms with Crippen LogP contribution in [0.3, 0.4) is 0 Å². The van der Waals surface area contributed by atoms with E-state index in [9.17, 15) is 0 Å². The van der Waals surface area contributed by atoms with Gasteiger partial charge < -0.3 is 4.74 Å². The van der Waals surface area contributed by atoms with Gasteiger partial charge in [0, 0.05) is 17.4 Å². The summed E-state index contributed by atoms with van der Waals surface area (Å²) in [5.41, 5.74) is 7.34. The number of aryl methyl sites for hydroxylation is 1. The van der Waals surface area contributed by atoms with Crippen molar-refractivity contribution in [3.05, 3.63) is 120 Å². The van der Waals surface area contributed by atoms with Gasteiger partial charge in [0.1, 0.15) is 5.75 Å². The van der Waals surface area contributed by atoms with E-state index in [4.69, 9.17) is 19.8 Å². The number of rotatable bonds is 5. The van der Waals surface area contributed by atoms with Crippen LogP contribution in [0.1, 0.15) is 29.2 Å². The molecule has 5 heteroatoms. The fourth-order valence-corrected chi connectivity index (χ4v) is 4.69. The molecule has 0 bridgehead atoms. The predicted molar refractivity (Wildman–Crippen MR) is 146 cm³/mol. The molecule has 176 valence electrons. The monoisotopic (exact) mass is 470 g/mol. The summed E-state index contributed by atoms with van der Waals surface area (Å²) in [6.45, 7) is 2.09. The van der Waals surface area contributed by atoms with Crippen LogP contribution in [0.25, 0.3) is 22.2 Å². The number of ether oxygens (including phenoxy) is 1. The van der Waals surface area contributed by atoms with E-state index in [0.717, 1.165) is 45.6 Å². The summed E-state index contributed by atoms with van der Waals surface area (Å²) in [7, 11) is 1.68. The number of fused-ring (bicyclic) bond motifs is 1. The first-order chi connectivity index (χ1) is 17.7. The zero-order valence-corrected chi connectivity index (χ0v) is 20.3. The highest BCUT2D eigenvalue weighted by Crippen LogP contribution is 2.37. The van der Waals surface area contributed by atoms with Gasteiger partial charge in [-0.05, 0) is 48.4 Å². The maximum atomic E-state index is 5.35. The van der Waals surface area contributed by atoms with Gasteiger partial charge in [0.2, 0.25) is 5.95 Å². The van der Waals surface area contributed by atoms with Gasteiger partial charge in [-0.15, -0.1) is 0 Å². The second-order valence-electron chi connectivity index (χ2n) is 9.01. The topological polar surface area (TPSA) is 50.6 Å². The largest absolute Gasteiger partial charge is 0.497 e. The summed E-state index contributed by atoms with van der Waals surface area (Å²) in [5.74, 6) is 1.43. The zero-order chi connectivity index (χ0) is 24.5. The molecule has 0 saturated carbocycles. The van der Waals surface area contributed by atoms with Crippen molar-refractivity contribution in [2.45, 2.75) is 19.4 Å². The molecule has 1 atom stereocenters. The first-order valence-corrected chi connectivity index (χ1v) is 12.1. The highest BCUT2D eigenvalue weighted by molar-refractivity contribution is 6.03. The Balaban J connectivity index is 1.50. The Morgan fingerprint density at radius 1 is 0.750 bits per heavy atom. The van der Waals surface area contributed by atoms with Crippen molar-refractivity contribution in [2.75, 3.05) is 12.1 Å². The number of nitrogens with zero attached hydrogens (tertiary/aromatic N) is 4. The third-order valence-electron chi connectivity index (χ3n) is 6.64. The van der Waals surface area contributed by atoms with Crippen LogP contribution in [0, 0.1) is 6.92 Å². The van der Waals surface area contributed by atoms with Crippen LogP contribution in [0.5, 0.6) is 5.75 Å². The number of para-hydroxylation sites is 1. The van der Waals surface area contributed by atoms with E-state index >= 15 is 0 Å². The number of hydrogen-bond acceptors (Lipinski definition) is 5. The summed E-state index contributed by atoms with van der Waals surface area (Å²) in [6.07, 6.45) is 0.756. The fourth-order valence-electron chi connectivity index (χ4n) is 4.69. The van der Waals surface area contributed by atoms with Crippen LogP contribution in [0.2, 0.25) is 0 Å². The summed E-state index contributed by atoms with van der Waals surface area (Å²) < 4.78 is 5.35. The molecule has 0 spiro atoms. The maximum absolute atomic E-state index is 5.35. The number of methoxy groups -OCH3 is 1. The van der Waals surface area contributed by atoms with Crippen molar-refractivity contribution in [3.63, 3.8) is 0 Å². The van der Waals surface area contributed by atoms with Crippen molar-refractivity contribution < 1.29 is 4.74 Å². The van der Waals surface area contributed by atoms with Crippen LogP contribution in [0.4, 0.5) is 5.95 Å². The lowest BCUT2D eigenvalue weighted by Gasteiger charge is -2.23. The molecule has 0 saturated heterocycles. The molecule has 5 aromatic rings. The van der Waals surface area contributed by atoms with Crippen LogP contribution in [-0.4, -0.2) is 22.8 Å². The molecule has 2 heterocycles. The van der Waals surface area contributed by atoms with Crippen molar-refractivity contribution in [1.29, 1.82) is 0 Å². The lowest BCUT2D eigenvalue weighted by Crippen LogP contribution is -2.21. The van der Waals surface area contributed by atoms with Gasteiger partial charge in [0.15, 0.2) is 0 Å². The second-order valence-corrected chi connectivity index (χ2v) is 9.01. The Morgan fingerprint density at radius 3 is 2.19 bits per heavy atom. The van der Waals surface area contributed by atoms with Crippen molar-refractivity contribution in [2.24, 2.45) is 5.10 Å². The summed E-state index contributed by atoms with van der Waals surface area (Å²) in [4.78, 5) is 10.1. The number of benzene rings is 4. The van der Waals surface area contributed by atoms with Gasteiger partial charge >= 0.3 is 0 Å². The van der Waals surface area contributed by atoms with Crippen LogP contribution in [0.15, 0.2) is 108 Å². The van der Waals surface area contributed by atoms with E-state index in [0.29, 0.717) is 5.95 Å². The molecule has 0 N–H and O–H groups in total. The molecule has 4 aromatic carbocycles. The third-order valence-corrected chi connectivity index (χ3v) is 6.64. The molecule has 36 heavy (non-hydrogen) atoms. The smallest absolute Gasteiger partial charge is 0.247 e. The Hall–Kier alpha value is -4.51. The minimum Gasteiger partial charge on any atom is -0.497 e. The first-order valence-electron chi connectivity index (χ1n) is 12.1. The standard InChI is InChI=1S/C31H26N4O/c1-21-12-14-24(15-13-21)30-26-10-6-7-11-27(26)32-31(33-30)35-29(23-8-4-3-5-9-23)20-28(34-35)22-16-18-25(36-2)19-17-22/h3-19,29H,20H2,1-2H3/t29-/m1/s1. The van der Waals surface area contributed by atoms with Gasteiger partial charge in [0.05, 0.1) is 30.1 Å². The molecule has 0 fully saturated rings. The third kappa shape index (κ3) is 4.09. The molecule has 1 aromatic heterocycles. The highest BCUT2D eigenvalue weighted by atomic mass is 16.5. The average Bonchev–Trinajstić information content (AvgIpc) is 3.39. The van der Waals surface area contributed by atoms with E-state index in [-0.39, 0.29) is 6.04 Å². The quantitative estimate of drug-likeness (QED) is 0.278. The Labute approximate surface area is 210 Å². The molecule has 1 aliphatic rings. The fraction of sp³-hybridized carbons (Fsp3) is 0.129. The minimum absolute atomic E-state index is 0.00432. The van der Waals surface area contributed by atoms with Crippen LogP contribution >= 0.6 is 0 Å². The zero-order valence-electron chi connectivity index (χ0n) is 20.3. The van der Waals surface area contributed by atoms with E-state index in [2.05, 4.69) is 73.7 Å². The SMILES string of the molecule is COc1ccc(C2=NN(c3nc(-c4ccc(C)cc4)c4ccccc4n3)[C@@H](c3ccccc3)C2)cc1. The minimum atomic E-state index is -0.00432. The second kappa shape index (κ2) is 9.27. The Kier molecular flexibility index (Phi) is 5.66. The molecule has 0 amide bonds. The van der Waals surface area contributed by atoms with Gasteiger partial charge in [-0.25, -0.2) is 15.0 Å². The predicted octanol–water partition coefficient (Wildman–Crippen LogP) is 6.97. The number of hydrazone groups is 1. The average molecular weight is 471 g/mol. The molecule has 5 nitrogen and oxygen atoms in total. The van der Waals surface area contributed by atoms with Gasteiger partial charge in [-0.3, -0.25) is 0 Å². The van der Waals surface area contributed by atoms with Crippen molar-refractivity contribution in [1.82, 2.24) is 9.97 Å². The van der Waals surface area contributed by atoms with Gasteiger partial charge in [0.25, 0.3) is 0 Å². The summed E-state index contributed by atoms with van der Waals surface area (Å²) >= 11 is 0. The summed E-state index contributed by atoms with van der Waals surface area (Å²) in [5, 5.41) is 8.09. The Morgan fingerprint density at radius 2 is 1.44 bits per heavy atom. The van der Waals surface area contributed by atoms with E-state index in [1.165, 1.54) is 11.1 Å². The molecular formula is C31H26N4O. The molecule has 0 radical (unpaired) electrons. The normalized spacial score (nSPS) is 15.2. The van der Waals surface area contributed by atoms with Crippen LogP contribution in [-0.2, 0) is 0 Å². The van der Waals surface area contributed by atoms with Crippen molar-refractivity contribution >= 4 is 22.6 Å². The van der Waals surface area contributed by atoms with E-state index < -0.39 is 0 Å². The van der Waals surface area contributed by atoms with Crippen LogP contribution < -0.4 is 9.75 Å². The van der Waals surface area contributed by atoms with Crippen molar-refractivity contribution in [3.8, 4) is 17.0 Å². The number of anilines is 1. The molecular weight excluding hydrogens is 444 g/mol. The summed E-state index contributed by atoms with van der Waals surface area (Å²) in [6, 6.07) is 35.2. The molecule has 1 aliphatic heterocycles. The first kappa shape index (κ1) is 22.0. The lowest BCUT2D eigenvalue weighted by atomic mass is 9.98. The molecule has 6 rings (SSSR count). The highest BCUT2D eigenvalue weighted by Gasteiger charge is 2.32. The maximum Gasteiger partial charge on any atom is 0.247 e. The molecule has 0 unspecified atom stereocenters. The van der Waals surface area contributed by atoms with E-state index in [1.807, 2.05) is 41.4 Å². The van der Waals surface area contributed by atoms with Gasteiger partial charge in [-0.1, -0.05) is 78.4 Å². The van der Waals surface area contributed by atoms with Gasteiger partial charge in [-0.2, -0.15) is 5.10 Å². The lowest BCUT2D eigenvalue weighted by molar-refractivity contribution is 0.415. The number of aromatic nitrogens is 2. The molecule has 0 aliphatic carbocycles. The van der Waals surface area contributed by atoms with E-state index in [1.54, 1.807) is 7.11 Å². The Bertz CT molecular complexity index is 1540. The number of hydrogen-bond donors (Lipinski definition) is 0.